The number of rotatable bonds is 4. The van der Waals surface area contributed by atoms with Crippen LogP contribution in [0.3, 0.4) is 0 Å². The average Bonchev–Trinajstić information content (AvgIpc) is 2.15. The van der Waals surface area contributed by atoms with Gasteiger partial charge >= 0.3 is 0 Å². The smallest absolute Gasteiger partial charge is 0.225 e. The third-order valence-electron chi connectivity index (χ3n) is 2.46. The molecule has 0 heterocycles. The van der Waals surface area contributed by atoms with Crippen LogP contribution in [0.1, 0.15) is 24.5 Å². The first-order chi connectivity index (χ1) is 7.93. The van der Waals surface area contributed by atoms with Gasteiger partial charge in [0.15, 0.2) is 0 Å². The van der Waals surface area contributed by atoms with Gasteiger partial charge in [-0.25, -0.2) is 0 Å². The van der Waals surface area contributed by atoms with E-state index >= 15 is 0 Å². The molecule has 1 rings (SSSR count). The second-order valence-corrected chi connectivity index (χ2v) is 4.37. The summed E-state index contributed by atoms with van der Waals surface area (Å²) in [6.07, 6.45) is 0.324. The molecule has 1 atom stereocenters. The Labute approximate surface area is 102 Å². The van der Waals surface area contributed by atoms with Gasteiger partial charge in [-0.05, 0) is 44.0 Å². The maximum atomic E-state index is 11.6. The quantitative estimate of drug-likeness (QED) is 0.840. The van der Waals surface area contributed by atoms with Crippen molar-refractivity contribution >= 4 is 11.6 Å². The van der Waals surface area contributed by atoms with Gasteiger partial charge in [0.25, 0.3) is 0 Å². The third kappa shape index (κ3) is 3.75. The lowest BCUT2D eigenvalue weighted by molar-refractivity contribution is -0.116. The molecule has 0 spiro atoms. The number of amides is 1. The van der Waals surface area contributed by atoms with E-state index in [0.29, 0.717) is 6.42 Å². The molecule has 0 radical (unpaired) electrons. The highest BCUT2D eigenvalue weighted by Gasteiger charge is 2.09. The lowest BCUT2D eigenvalue weighted by atomic mass is 10.1. The summed E-state index contributed by atoms with van der Waals surface area (Å²) in [5.74, 6) is 0.791. The van der Waals surface area contributed by atoms with E-state index in [0.717, 1.165) is 22.6 Å². The van der Waals surface area contributed by atoms with Gasteiger partial charge in [0.1, 0.15) is 5.75 Å². The Balaban J connectivity index is 2.83. The van der Waals surface area contributed by atoms with Crippen molar-refractivity contribution in [3.63, 3.8) is 0 Å². The first-order valence-electron chi connectivity index (χ1n) is 5.64. The molecule has 1 aromatic rings. The van der Waals surface area contributed by atoms with Gasteiger partial charge in [0, 0.05) is 18.2 Å². The van der Waals surface area contributed by atoms with Gasteiger partial charge in [-0.2, -0.15) is 0 Å². The molecule has 0 bridgehead atoms. The van der Waals surface area contributed by atoms with Crippen molar-refractivity contribution < 1.29 is 9.53 Å². The number of hydrogen-bond acceptors (Lipinski definition) is 3. The summed E-state index contributed by atoms with van der Waals surface area (Å²) in [6.45, 7) is 5.71. The molecule has 4 heteroatoms. The van der Waals surface area contributed by atoms with Gasteiger partial charge < -0.3 is 15.8 Å². The molecule has 3 N–H and O–H groups in total. The Hall–Kier alpha value is -1.55. The average molecular weight is 236 g/mol. The highest BCUT2D eigenvalue weighted by Crippen LogP contribution is 2.26. The monoisotopic (exact) mass is 236 g/mol. The number of hydrogen-bond donors (Lipinski definition) is 2. The van der Waals surface area contributed by atoms with Crippen molar-refractivity contribution in [2.45, 2.75) is 33.2 Å². The molecule has 0 aliphatic carbocycles. The predicted octanol–water partition coefficient (Wildman–Crippen LogP) is 1.99. The molecule has 1 aromatic carbocycles. The van der Waals surface area contributed by atoms with Crippen molar-refractivity contribution in [2.75, 3.05) is 12.4 Å². The Morgan fingerprint density at radius 3 is 2.35 bits per heavy atom. The lowest BCUT2D eigenvalue weighted by Crippen LogP contribution is -2.24. The topological polar surface area (TPSA) is 64.3 Å². The first kappa shape index (κ1) is 13.5. The molecular formula is C13H20N2O2. The zero-order valence-electron chi connectivity index (χ0n) is 10.8. The molecule has 0 aromatic heterocycles. The van der Waals surface area contributed by atoms with Crippen LogP contribution in [0.25, 0.3) is 0 Å². The van der Waals surface area contributed by atoms with Crippen molar-refractivity contribution in [1.29, 1.82) is 0 Å². The summed E-state index contributed by atoms with van der Waals surface area (Å²) < 4.78 is 5.27. The summed E-state index contributed by atoms with van der Waals surface area (Å²) in [5.41, 5.74) is 8.36. The molecule has 0 aliphatic heterocycles. The molecule has 1 amide bonds. The van der Waals surface area contributed by atoms with Crippen molar-refractivity contribution in [3.05, 3.63) is 23.3 Å². The van der Waals surface area contributed by atoms with Gasteiger partial charge in [-0.3, -0.25) is 4.79 Å². The third-order valence-corrected chi connectivity index (χ3v) is 2.46. The standard InChI is InChI=1S/C13H20N2O2/c1-8-5-11(6-9(2)13(8)17-4)15-12(16)7-10(3)14/h5-6,10H,7,14H2,1-4H3,(H,15,16). The van der Waals surface area contributed by atoms with Crippen LogP contribution < -0.4 is 15.8 Å². The van der Waals surface area contributed by atoms with Crippen LogP contribution >= 0.6 is 0 Å². The van der Waals surface area contributed by atoms with E-state index in [-0.39, 0.29) is 11.9 Å². The number of methoxy groups -OCH3 is 1. The number of nitrogens with two attached hydrogens (primary N) is 1. The van der Waals surface area contributed by atoms with Crippen LogP contribution in [-0.4, -0.2) is 19.1 Å². The van der Waals surface area contributed by atoms with Crippen molar-refractivity contribution in [1.82, 2.24) is 0 Å². The molecular weight excluding hydrogens is 216 g/mol. The number of carbonyl (C=O) groups is 1. The van der Waals surface area contributed by atoms with E-state index in [4.69, 9.17) is 10.5 Å². The number of nitrogens with one attached hydrogen (secondary N) is 1. The van der Waals surface area contributed by atoms with Gasteiger partial charge in [0.05, 0.1) is 7.11 Å². The van der Waals surface area contributed by atoms with E-state index in [1.54, 1.807) is 7.11 Å². The second kappa shape index (κ2) is 5.68. The fourth-order valence-corrected chi connectivity index (χ4v) is 1.85. The van der Waals surface area contributed by atoms with Crippen LogP contribution in [0.15, 0.2) is 12.1 Å². The highest BCUT2D eigenvalue weighted by atomic mass is 16.5. The van der Waals surface area contributed by atoms with Crippen LogP contribution in [0, 0.1) is 13.8 Å². The van der Waals surface area contributed by atoms with E-state index in [1.807, 2.05) is 32.9 Å². The molecule has 0 aliphatic rings. The highest BCUT2D eigenvalue weighted by molar-refractivity contribution is 5.91. The Morgan fingerprint density at radius 1 is 1.41 bits per heavy atom. The molecule has 0 saturated heterocycles. The normalized spacial score (nSPS) is 12.1. The fraction of sp³-hybridized carbons (Fsp3) is 0.462. The summed E-state index contributed by atoms with van der Waals surface area (Å²) in [4.78, 5) is 11.6. The van der Waals surface area contributed by atoms with E-state index in [2.05, 4.69) is 5.32 Å². The number of carbonyl (C=O) groups excluding carboxylic acids is 1. The van der Waals surface area contributed by atoms with E-state index < -0.39 is 0 Å². The van der Waals surface area contributed by atoms with E-state index in [9.17, 15) is 4.79 Å². The molecule has 0 saturated carbocycles. The summed E-state index contributed by atoms with van der Waals surface area (Å²) in [5, 5.41) is 2.83. The molecule has 94 valence electrons. The molecule has 17 heavy (non-hydrogen) atoms. The zero-order chi connectivity index (χ0) is 13.0. The van der Waals surface area contributed by atoms with Gasteiger partial charge in [-0.1, -0.05) is 0 Å². The lowest BCUT2D eigenvalue weighted by Gasteiger charge is -2.12. The second-order valence-electron chi connectivity index (χ2n) is 4.37. The Morgan fingerprint density at radius 2 is 1.94 bits per heavy atom. The first-order valence-corrected chi connectivity index (χ1v) is 5.64. The van der Waals surface area contributed by atoms with Crippen molar-refractivity contribution in [2.24, 2.45) is 5.73 Å². The maximum absolute atomic E-state index is 11.6. The van der Waals surface area contributed by atoms with Crippen LogP contribution in [0.4, 0.5) is 5.69 Å². The minimum absolute atomic E-state index is 0.0658. The maximum Gasteiger partial charge on any atom is 0.225 e. The number of benzene rings is 1. The summed E-state index contributed by atoms with van der Waals surface area (Å²) >= 11 is 0. The van der Waals surface area contributed by atoms with Crippen LogP contribution in [-0.2, 0) is 4.79 Å². The van der Waals surface area contributed by atoms with Gasteiger partial charge in [-0.15, -0.1) is 0 Å². The molecule has 0 fully saturated rings. The SMILES string of the molecule is COc1c(C)cc(NC(=O)CC(C)N)cc1C. The van der Waals surface area contributed by atoms with Crippen LogP contribution in [0.5, 0.6) is 5.75 Å². The molecule has 4 nitrogen and oxygen atoms in total. The molecule has 1 unspecified atom stereocenters. The van der Waals surface area contributed by atoms with E-state index in [1.165, 1.54) is 0 Å². The number of ether oxygens (including phenoxy) is 1. The van der Waals surface area contributed by atoms with Crippen LogP contribution in [0.2, 0.25) is 0 Å². The summed E-state index contributed by atoms with van der Waals surface area (Å²) in [6, 6.07) is 3.66. The van der Waals surface area contributed by atoms with Crippen molar-refractivity contribution in [3.8, 4) is 5.75 Å². The fourth-order valence-electron chi connectivity index (χ4n) is 1.85. The minimum Gasteiger partial charge on any atom is -0.496 e. The Bertz CT molecular complexity index is 391. The zero-order valence-corrected chi connectivity index (χ0v) is 10.8. The van der Waals surface area contributed by atoms with Gasteiger partial charge in [0.2, 0.25) is 5.91 Å². The predicted molar refractivity (Wildman–Crippen MR) is 69.4 cm³/mol. The Kier molecular flexibility index (Phi) is 4.52. The minimum atomic E-state index is -0.129. The largest absolute Gasteiger partial charge is 0.496 e. The summed E-state index contributed by atoms with van der Waals surface area (Å²) in [7, 11) is 1.64. The number of aryl methyl sites for hydroxylation is 2. The number of anilines is 1.